The summed E-state index contributed by atoms with van der Waals surface area (Å²) >= 11 is 0. The number of hydrogen-bond donors (Lipinski definition) is 1. The first-order valence-corrected chi connectivity index (χ1v) is 6.31. The molecule has 14 heavy (non-hydrogen) atoms. The summed E-state index contributed by atoms with van der Waals surface area (Å²) in [6.45, 7) is 10.6. The zero-order valence-electron chi connectivity index (χ0n) is 10.3. The van der Waals surface area contributed by atoms with Gasteiger partial charge in [-0.2, -0.15) is 0 Å². The fraction of sp³-hybridized carbons (Fsp3) is 1.00. The molecule has 1 fully saturated rings. The second-order valence-corrected chi connectivity index (χ2v) is 5.81. The van der Waals surface area contributed by atoms with Crippen molar-refractivity contribution in [2.75, 3.05) is 6.54 Å². The Hall–Kier alpha value is -0.0400. The number of rotatable bonds is 7. The quantitative estimate of drug-likeness (QED) is 0.659. The van der Waals surface area contributed by atoms with Gasteiger partial charge in [0.2, 0.25) is 0 Å². The molecule has 0 unspecified atom stereocenters. The average molecular weight is 197 g/mol. The Morgan fingerprint density at radius 3 is 1.86 bits per heavy atom. The van der Waals surface area contributed by atoms with Crippen molar-refractivity contribution in [1.82, 2.24) is 5.32 Å². The maximum Gasteiger partial charge on any atom is 0.00683 e. The first kappa shape index (κ1) is 12.0. The molecule has 0 aromatic carbocycles. The normalized spacial score (nSPS) is 17.4. The average Bonchev–Trinajstić information content (AvgIpc) is 2.80. The molecule has 1 N–H and O–H groups in total. The summed E-state index contributed by atoms with van der Waals surface area (Å²) in [5.74, 6) is 2.59. The molecule has 84 valence electrons. The van der Waals surface area contributed by atoms with E-state index in [1.54, 1.807) is 0 Å². The Morgan fingerprint density at radius 2 is 1.50 bits per heavy atom. The Morgan fingerprint density at radius 1 is 1.00 bits per heavy atom. The van der Waals surface area contributed by atoms with Crippen molar-refractivity contribution in [1.29, 1.82) is 0 Å². The lowest BCUT2D eigenvalue weighted by atomic mass is 9.89. The van der Waals surface area contributed by atoms with Crippen LogP contribution in [0, 0.1) is 17.8 Å². The third kappa shape index (κ3) is 5.64. The fourth-order valence-electron chi connectivity index (χ4n) is 2.22. The largest absolute Gasteiger partial charge is 0.314 e. The minimum atomic E-state index is 0.847. The molecule has 0 atom stereocenters. The first-order valence-electron chi connectivity index (χ1n) is 6.31. The summed E-state index contributed by atoms with van der Waals surface area (Å²) in [5.41, 5.74) is 0. The lowest BCUT2D eigenvalue weighted by Crippen LogP contribution is -2.26. The van der Waals surface area contributed by atoms with E-state index in [9.17, 15) is 0 Å². The maximum atomic E-state index is 3.67. The molecule has 1 nitrogen and oxygen atoms in total. The lowest BCUT2D eigenvalue weighted by Gasteiger charge is -2.21. The van der Waals surface area contributed by atoms with E-state index in [0.717, 1.165) is 23.8 Å². The third-order valence-electron chi connectivity index (χ3n) is 2.88. The van der Waals surface area contributed by atoms with Crippen LogP contribution in [0.25, 0.3) is 0 Å². The Bertz CT molecular complexity index is 137. The van der Waals surface area contributed by atoms with Crippen LogP contribution in [0.15, 0.2) is 0 Å². The number of nitrogens with one attached hydrogen (secondary N) is 1. The van der Waals surface area contributed by atoms with E-state index in [4.69, 9.17) is 0 Å². The summed E-state index contributed by atoms with van der Waals surface area (Å²) in [4.78, 5) is 0. The van der Waals surface area contributed by atoms with Crippen molar-refractivity contribution in [3.05, 3.63) is 0 Å². The zero-order chi connectivity index (χ0) is 10.6. The van der Waals surface area contributed by atoms with Crippen molar-refractivity contribution in [2.24, 2.45) is 17.8 Å². The molecular weight excluding hydrogens is 170 g/mol. The lowest BCUT2D eigenvalue weighted by molar-refractivity contribution is 0.328. The topological polar surface area (TPSA) is 12.0 Å². The van der Waals surface area contributed by atoms with E-state index in [0.29, 0.717) is 0 Å². The number of hydrogen-bond acceptors (Lipinski definition) is 1. The highest BCUT2D eigenvalue weighted by Gasteiger charge is 2.22. The molecule has 1 aliphatic carbocycles. The van der Waals surface area contributed by atoms with E-state index >= 15 is 0 Å². The van der Waals surface area contributed by atoms with Gasteiger partial charge in [-0.05, 0) is 50.0 Å². The molecule has 0 amide bonds. The third-order valence-corrected chi connectivity index (χ3v) is 2.88. The molecule has 1 rings (SSSR count). The smallest absolute Gasteiger partial charge is 0.00683 e. The van der Waals surface area contributed by atoms with Gasteiger partial charge in [0.25, 0.3) is 0 Å². The van der Waals surface area contributed by atoms with Crippen LogP contribution in [0.4, 0.5) is 0 Å². The summed E-state index contributed by atoms with van der Waals surface area (Å²) in [6, 6.07) is 0.872. The second kappa shape index (κ2) is 5.75. The van der Waals surface area contributed by atoms with E-state index in [1.165, 1.54) is 32.2 Å². The van der Waals surface area contributed by atoms with Crippen molar-refractivity contribution in [3.63, 3.8) is 0 Å². The highest BCUT2D eigenvalue weighted by molar-refractivity contribution is 4.82. The SMILES string of the molecule is CC(C)CC(CNC1CC1)CC(C)C. The van der Waals surface area contributed by atoms with Crippen LogP contribution >= 0.6 is 0 Å². The highest BCUT2D eigenvalue weighted by atomic mass is 14.9. The van der Waals surface area contributed by atoms with Crippen LogP contribution < -0.4 is 5.32 Å². The van der Waals surface area contributed by atoms with Gasteiger partial charge in [-0.1, -0.05) is 27.7 Å². The molecule has 0 aliphatic heterocycles. The van der Waals surface area contributed by atoms with Crippen LogP contribution in [-0.4, -0.2) is 12.6 Å². The molecule has 0 heterocycles. The van der Waals surface area contributed by atoms with Crippen molar-refractivity contribution >= 4 is 0 Å². The van der Waals surface area contributed by atoms with E-state index in [1.807, 2.05) is 0 Å². The predicted octanol–water partition coefficient (Wildman–Crippen LogP) is 3.45. The van der Waals surface area contributed by atoms with Gasteiger partial charge in [-0.15, -0.1) is 0 Å². The van der Waals surface area contributed by atoms with Gasteiger partial charge in [-0.25, -0.2) is 0 Å². The Labute approximate surface area is 89.7 Å². The standard InChI is InChI=1S/C13H27N/c1-10(2)7-12(8-11(3)4)9-14-13-5-6-13/h10-14H,5-9H2,1-4H3. The van der Waals surface area contributed by atoms with Crippen molar-refractivity contribution in [2.45, 2.75) is 59.4 Å². The molecule has 0 aromatic heterocycles. The minimum absolute atomic E-state index is 0.847. The Kier molecular flexibility index (Phi) is 4.94. The second-order valence-electron chi connectivity index (χ2n) is 5.81. The molecule has 0 aromatic rings. The van der Waals surface area contributed by atoms with Crippen LogP contribution in [0.1, 0.15) is 53.4 Å². The minimum Gasteiger partial charge on any atom is -0.314 e. The summed E-state index contributed by atoms with van der Waals surface area (Å²) in [5, 5.41) is 3.67. The molecular formula is C13H27N. The Balaban J connectivity index is 2.19. The van der Waals surface area contributed by atoms with Gasteiger partial charge in [0.1, 0.15) is 0 Å². The van der Waals surface area contributed by atoms with Crippen LogP contribution in [0.3, 0.4) is 0 Å². The van der Waals surface area contributed by atoms with Crippen LogP contribution in [0.2, 0.25) is 0 Å². The predicted molar refractivity (Wildman–Crippen MR) is 63.4 cm³/mol. The van der Waals surface area contributed by atoms with Gasteiger partial charge in [-0.3, -0.25) is 0 Å². The van der Waals surface area contributed by atoms with Gasteiger partial charge in [0.15, 0.2) is 0 Å². The summed E-state index contributed by atoms with van der Waals surface area (Å²) < 4.78 is 0. The zero-order valence-corrected chi connectivity index (χ0v) is 10.3. The molecule has 0 spiro atoms. The van der Waals surface area contributed by atoms with E-state index < -0.39 is 0 Å². The highest BCUT2D eigenvalue weighted by Crippen LogP contribution is 2.23. The summed E-state index contributed by atoms with van der Waals surface area (Å²) in [6.07, 6.45) is 5.60. The van der Waals surface area contributed by atoms with Crippen LogP contribution in [-0.2, 0) is 0 Å². The molecule has 0 saturated heterocycles. The molecule has 1 saturated carbocycles. The molecule has 1 aliphatic rings. The van der Waals surface area contributed by atoms with Gasteiger partial charge < -0.3 is 5.32 Å². The van der Waals surface area contributed by atoms with Gasteiger partial charge in [0.05, 0.1) is 0 Å². The molecule has 1 heteroatoms. The van der Waals surface area contributed by atoms with E-state index in [-0.39, 0.29) is 0 Å². The maximum absolute atomic E-state index is 3.67. The van der Waals surface area contributed by atoms with Gasteiger partial charge in [0, 0.05) is 6.04 Å². The molecule has 0 radical (unpaired) electrons. The fourth-order valence-corrected chi connectivity index (χ4v) is 2.22. The van der Waals surface area contributed by atoms with Crippen LogP contribution in [0.5, 0.6) is 0 Å². The monoisotopic (exact) mass is 197 g/mol. The van der Waals surface area contributed by atoms with E-state index in [2.05, 4.69) is 33.0 Å². The van der Waals surface area contributed by atoms with Crippen molar-refractivity contribution < 1.29 is 0 Å². The summed E-state index contributed by atoms with van der Waals surface area (Å²) in [7, 11) is 0. The first-order chi connectivity index (χ1) is 6.58. The molecule has 0 bridgehead atoms. The van der Waals surface area contributed by atoms with Gasteiger partial charge >= 0.3 is 0 Å². The van der Waals surface area contributed by atoms with Crippen molar-refractivity contribution in [3.8, 4) is 0 Å².